The van der Waals surface area contributed by atoms with Crippen LogP contribution in [0.15, 0.2) is 24.3 Å². The fourth-order valence-electron chi connectivity index (χ4n) is 3.06. The van der Waals surface area contributed by atoms with E-state index in [9.17, 15) is 5.11 Å². The summed E-state index contributed by atoms with van der Waals surface area (Å²) in [4.78, 5) is 1.93. The molecule has 22 heavy (non-hydrogen) atoms. The highest BCUT2D eigenvalue weighted by molar-refractivity contribution is 6.30. The van der Waals surface area contributed by atoms with Gasteiger partial charge in [-0.1, -0.05) is 17.7 Å². The molecule has 124 valence electrons. The summed E-state index contributed by atoms with van der Waals surface area (Å²) in [6, 6.07) is 7.03. The van der Waals surface area contributed by atoms with E-state index in [2.05, 4.69) is 0 Å². The van der Waals surface area contributed by atoms with Crippen LogP contribution in [0.1, 0.15) is 19.3 Å². The molecule has 0 aromatic heterocycles. The van der Waals surface area contributed by atoms with Gasteiger partial charge in [0, 0.05) is 24.2 Å². The molecule has 2 rings (SSSR count). The Morgan fingerprint density at radius 2 is 1.91 bits per heavy atom. The normalized spacial score (nSPS) is 25.4. The molecular weight excluding hydrogens is 306 g/mol. The number of benzene rings is 1. The van der Waals surface area contributed by atoms with E-state index in [1.54, 1.807) is 12.1 Å². The van der Waals surface area contributed by atoms with Gasteiger partial charge in [0.05, 0.1) is 13.2 Å². The SMILES string of the molecule is OCCN(CCO)[C@H]1CCC[C@@H](Oc2cccc(Cl)c2)[C@@H]1O. The highest BCUT2D eigenvalue weighted by Gasteiger charge is 2.36. The summed E-state index contributed by atoms with van der Waals surface area (Å²) in [5, 5.41) is 29.5. The summed E-state index contributed by atoms with van der Waals surface area (Å²) in [5.41, 5.74) is 0. The van der Waals surface area contributed by atoms with E-state index in [0.717, 1.165) is 19.3 Å². The van der Waals surface area contributed by atoms with Crippen molar-refractivity contribution in [2.75, 3.05) is 26.3 Å². The highest BCUT2D eigenvalue weighted by atomic mass is 35.5. The lowest BCUT2D eigenvalue weighted by atomic mass is 9.88. The second kappa shape index (κ2) is 8.70. The van der Waals surface area contributed by atoms with Crippen LogP contribution in [-0.4, -0.2) is 64.8 Å². The van der Waals surface area contributed by atoms with Crippen LogP contribution in [0.3, 0.4) is 0 Å². The summed E-state index contributed by atoms with van der Waals surface area (Å²) in [6.07, 6.45) is 1.57. The standard InChI is InChI=1S/C16H24ClNO4/c17-12-3-1-4-13(11-12)22-15-6-2-5-14(16(15)21)18(7-9-19)8-10-20/h1,3-4,11,14-16,19-21H,2,5-10H2/t14-,15+,16+/m0/s1. The maximum Gasteiger partial charge on any atom is 0.126 e. The Labute approximate surface area is 136 Å². The lowest BCUT2D eigenvalue weighted by molar-refractivity contribution is -0.0589. The molecule has 6 heteroatoms. The zero-order valence-electron chi connectivity index (χ0n) is 12.6. The van der Waals surface area contributed by atoms with Gasteiger partial charge in [0.1, 0.15) is 18.0 Å². The number of halogens is 1. The predicted molar refractivity (Wildman–Crippen MR) is 85.3 cm³/mol. The van der Waals surface area contributed by atoms with Crippen LogP contribution < -0.4 is 4.74 Å². The molecule has 1 fully saturated rings. The lowest BCUT2D eigenvalue weighted by Gasteiger charge is -2.41. The van der Waals surface area contributed by atoms with Crippen LogP contribution >= 0.6 is 11.6 Å². The minimum atomic E-state index is -0.661. The molecule has 1 aliphatic rings. The van der Waals surface area contributed by atoms with Crippen LogP contribution in [0.4, 0.5) is 0 Å². The number of ether oxygens (including phenoxy) is 1. The average Bonchev–Trinajstić information content (AvgIpc) is 2.49. The van der Waals surface area contributed by atoms with Gasteiger partial charge in [0.2, 0.25) is 0 Å². The van der Waals surface area contributed by atoms with Gasteiger partial charge < -0.3 is 20.1 Å². The Balaban J connectivity index is 2.03. The molecule has 1 aromatic rings. The number of rotatable bonds is 7. The van der Waals surface area contributed by atoms with Crippen molar-refractivity contribution in [2.24, 2.45) is 0 Å². The van der Waals surface area contributed by atoms with Crippen molar-refractivity contribution in [3.05, 3.63) is 29.3 Å². The quantitative estimate of drug-likeness (QED) is 0.703. The molecule has 3 N–H and O–H groups in total. The van der Waals surface area contributed by atoms with Crippen molar-refractivity contribution in [1.82, 2.24) is 4.90 Å². The number of hydrogen-bond donors (Lipinski definition) is 3. The third kappa shape index (κ3) is 4.57. The molecule has 0 bridgehead atoms. The van der Waals surface area contributed by atoms with Crippen molar-refractivity contribution >= 4 is 11.6 Å². The summed E-state index contributed by atoms with van der Waals surface area (Å²) < 4.78 is 5.90. The Morgan fingerprint density at radius 1 is 1.18 bits per heavy atom. The predicted octanol–water partition coefficient (Wildman–Crippen LogP) is 1.29. The van der Waals surface area contributed by atoms with Gasteiger partial charge in [-0.15, -0.1) is 0 Å². The first-order valence-corrected chi connectivity index (χ1v) is 8.09. The Bertz CT molecular complexity index is 454. The molecule has 5 nitrogen and oxygen atoms in total. The number of aliphatic hydroxyl groups excluding tert-OH is 3. The van der Waals surface area contributed by atoms with Crippen LogP contribution in [0.25, 0.3) is 0 Å². The molecule has 0 heterocycles. The summed E-state index contributed by atoms with van der Waals surface area (Å²) in [5.74, 6) is 0.646. The summed E-state index contributed by atoms with van der Waals surface area (Å²) in [6.45, 7) is 0.879. The fourth-order valence-corrected chi connectivity index (χ4v) is 3.24. The highest BCUT2D eigenvalue weighted by Crippen LogP contribution is 2.28. The molecule has 0 amide bonds. The van der Waals surface area contributed by atoms with Crippen LogP contribution in [0, 0.1) is 0 Å². The van der Waals surface area contributed by atoms with E-state index in [4.69, 9.17) is 26.6 Å². The molecule has 0 radical (unpaired) electrons. The number of aliphatic hydroxyl groups is 3. The second-order valence-electron chi connectivity index (χ2n) is 5.59. The monoisotopic (exact) mass is 329 g/mol. The summed E-state index contributed by atoms with van der Waals surface area (Å²) >= 11 is 5.95. The van der Waals surface area contributed by atoms with Gasteiger partial charge in [0.25, 0.3) is 0 Å². The lowest BCUT2D eigenvalue weighted by Crippen LogP contribution is -2.54. The van der Waals surface area contributed by atoms with Crippen LogP contribution in [0.2, 0.25) is 5.02 Å². The van der Waals surface area contributed by atoms with Crippen LogP contribution in [-0.2, 0) is 0 Å². The average molecular weight is 330 g/mol. The molecule has 1 saturated carbocycles. The molecule has 1 aliphatic carbocycles. The molecular formula is C16H24ClNO4. The Hall–Kier alpha value is -0.850. The summed E-state index contributed by atoms with van der Waals surface area (Å²) in [7, 11) is 0. The van der Waals surface area contributed by atoms with E-state index >= 15 is 0 Å². The van der Waals surface area contributed by atoms with Gasteiger partial charge in [-0.25, -0.2) is 0 Å². The first kappa shape index (κ1) is 17.5. The van der Waals surface area contributed by atoms with Crippen molar-refractivity contribution in [3.8, 4) is 5.75 Å². The van der Waals surface area contributed by atoms with Crippen molar-refractivity contribution < 1.29 is 20.1 Å². The number of hydrogen-bond acceptors (Lipinski definition) is 5. The van der Waals surface area contributed by atoms with Crippen LogP contribution in [0.5, 0.6) is 5.75 Å². The minimum absolute atomic E-state index is 0.00301. The molecule has 0 unspecified atom stereocenters. The fraction of sp³-hybridized carbons (Fsp3) is 0.625. The van der Waals surface area contributed by atoms with Gasteiger partial charge in [-0.2, -0.15) is 0 Å². The molecule has 0 spiro atoms. The third-order valence-corrected chi connectivity index (χ3v) is 4.33. The van der Waals surface area contributed by atoms with E-state index < -0.39 is 6.10 Å². The largest absolute Gasteiger partial charge is 0.488 e. The Kier molecular flexibility index (Phi) is 6.92. The third-order valence-electron chi connectivity index (χ3n) is 4.09. The molecule has 0 aliphatic heterocycles. The maximum atomic E-state index is 10.6. The van der Waals surface area contributed by atoms with E-state index in [1.165, 1.54) is 0 Å². The first-order valence-electron chi connectivity index (χ1n) is 7.71. The van der Waals surface area contributed by atoms with Crippen molar-refractivity contribution in [1.29, 1.82) is 0 Å². The zero-order chi connectivity index (χ0) is 15.9. The molecule has 1 aromatic carbocycles. The molecule has 0 saturated heterocycles. The first-order chi connectivity index (χ1) is 10.7. The Morgan fingerprint density at radius 3 is 2.55 bits per heavy atom. The van der Waals surface area contributed by atoms with Gasteiger partial charge in [-0.05, 0) is 37.5 Å². The van der Waals surface area contributed by atoms with Crippen molar-refractivity contribution in [3.63, 3.8) is 0 Å². The van der Waals surface area contributed by atoms with Gasteiger partial charge in [0.15, 0.2) is 0 Å². The van der Waals surface area contributed by atoms with E-state index in [-0.39, 0.29) is 25.4 Å². The van der Waals surface area contributed by atoms with Gasteiger partial charge >= 0.3 is 0 Å². The minimum Gasteiger partial charge on any atom is -0.488 e. The number of nitrogens with zero attached hydrogens (tertiary/aromatic N) is 1. The zero-order valence-corrected chi connectivity index (χ0v) is 13.3. The second-order valence-corrected chi connectivity index (χ2v) is 6.02. The smallest absolute Gasteiger partial charge is 0.126 e. The van der Waals surface area contributed by atoms with Gasteiger partial charge in [-0.3, -0.25) is 4.90 Å². The van der Waals surface area contributed by atoms with Crippen molar-refractivity contribution in [2.45, 2.75) is 37.5 Å². The maximum absolute atomic E-state index is 10.6. The molecule has 3 atom stereocenters. The van der Waals surface area contributed by atoms with E-state index in [0.29, 0.717) is 23.9 Å². The van der Waals surface area contributed by atoms with E-state index in [1.807, 2.05) is 17.0 Å². The topological polar surface area (TPSA) is 73.2 Å².